The van der Waals surface area contributed by atoms with E-state index < -0.39 is 30.7 Å². The first kappa shape index (κ1) is 18.8. The van der Waals surface area contributed by atoms with Crippen LogP contribution in [0.1, 0.15) is 13.3 Å². The van der Waals surface area contributed by atoms with Gasteiger partial charge in [0.2, 0.25) is 5.95 Å². The van der Waals surface area contributed by atoms with E-state index >= 15 is 0 Å². The second kappa shape index (κ2) is 6.52. The highest BCUT2D eigenvalue weighted by Gasteiger charge is 2.55. The van der Waals surface area contributed by atoms with Crippen molar-refractivity contribution in [1.29, 1.82) is 0 Å². The van der Waals surface area contributed by atoms with Crippen LogP contribution in [0.2, 0.25) is 0 Å². The number of ether oxygens (including phenoxy) is 1. The summed E-state index contributed by atoms with van der Waals surface area (Å²) >= 11 is 0. The first-order valence-corrected chi connectivity index (χ1v) is 9.98. The molecule has 0 aromatic carbocycles. The quantitative estimate of drug-likeness (QED) is 0.470. The first-order chi connectivity index (χ1) is 13.3. The topological polar surface area (TPSA) is 163 Å². The van der Waals surface area contributed by atoms with Crippen molar-refractivity contribution in [2.75, 3.05) is 26.1 Å². The minimum absolute atomic E-state index is 0.000711. The summed E-state index contributed by atoms with van der Waals surface area (Å²) in [5, 5.41) is 2.55. The van der Waals surface area contributed by atoms with Gasteiger partial charge in [-0.3, -0.25) is 28.2 Å². The average molecular weight is 410 g/mol. The maximum absolute atomic E-state index is 12.6. The number of imidazole rings is 1. The van der Waals surface area contributed by atoms with Gasteiger partial charge in [-0.1, -0.05) is 0 Å². The summed E-state index contributed by atoms with van der Waals surface area (Å²) in [6, 6.07) is -0.828. The summed E-state index contributed by atoms with van der Waals surface area (Å²) < 4.78 is 29.7. The van der Waals surface area contributed by atoms with Gasteiger partial charge in [-0.15, -0.1) is 0 Å². The van der Waals surface area contributed by atoms with Crippen LogP contribution in [0.25, 0.3) is 17.4 Å². The van der Waals surface area contributed by atoms with Crippen LogP contribution in [0.5, 0.6) is 0 Å². The van der Waals surface area contributed by atoms with Gasteiger partial charge in [0.1, 0.15) is 12.4 Å². The lowest BCUT2D eigenvalue weighted by Gasteiger charge is -2.30. The molecule has 28 heavy (non-hydrogen) atoms. The molecule has 2 aromatic rings. The highest BCUT2D eigenvalue weighted by molar-refractivity contribution is 7.51. The Morgan fingerprint density at radius 3 is 2.93 bits per heavy atom. The number of aromatic nitrogens is 4. The number of methoxy groups -OCH3 is 1. The zero-order chi connectivity index (χ0) is 20.1. The second-order valence-electron chi connectivity index (χ2n) is 6.80. The number of H-pyrrole nitrogens is 1. The van der Waals surface area contributed by atoms with Crippen molar-refractivity contribution in [2.45, 2.75) is 19.4 Å². The van der Waals surface area contributed by atoms with Gasteiger partial charge >= 0.3 is 13.7 Å². The van der Waals surface area contributed by atoms with E-state index in [1.807, 2.05) is 0 Å². The van der Waals surface area contributed by atoms with Gasteiger partial charge in [0, 0.05) is 11.6 Å². The smallest absolute Gasteiger partial charge is 0.406 e. The van der Waals surface area contributed by atoms with Gasteiger partial charge in [-0.25, -0.2) is 14.6 Å². The van der Waals surface area contributed by atoms with Crippen molar-refractivity contribution in [3.8, 4) is 0 Å². The minimum Gasteiger partial charge on any atom is -0.468 e. The first-order valence-electron chi connectivity index (χ1n) is 8.43. The van der Waals surface area contributed by atoms with Crippen LogP contribution in [-0.4, -0.2) is 51.9 Å². The number of carbonyl (C=O) groups excluding carboxylic acids is 1. The molecule has 1 saturated carbocycles. The molecule has 1 atom stereocenters. The molecule has 4 N–H and O–H groups in total. The number of nitrogens with one attached hydrogen (secondary N) is 2. The third-order valence-electron chi connectivity index (χ3n) is 4.76. The zero-order valence-corrected chi connectivity index (χ0v) is 16.1. The Morgan fingerprint density at radius 1 is 1.54 bits per heavy atom. The van der Waals surface area contributed by atoms with E-state index in [0.29, 0.717) is 12.1 Å². The van der Waals surface area contributed by atoms with Gasteiger partial charge in [0.25, 0.3) is 5.56 Å². The molecule has 3 heterocycles. The number of nitrogens with two attached hydrogens (primary N) is 1. The van der Waals surface area contributed by atoms with Crippen molar-refractivity contribution < 1.29 is 23.1 Å². The van der Waals surface area contributed by atoms with E-state index in [-0.39, 0.29) is 24.7 Å². The van der Waals surface area contributed by atoms with Crippen molar-refractivity contribution in [3.63, 3.8) is 0 Å². The molecule has 2 aliphatic rings. The summed E-state index contributed by atoms with van der Waals surface area (Å²) in [4.78, 5) is 33.9. The molecule has 150 valence electrons. The Kier molecular flexibility index (Phi) is 4.38. The largest absolute Gasteiger partial charge is 0.468 e. The fraction of sp³-hybridized carbons (Fsp3) is 0.467. The predicted octanol–water partition coefficient (Wildman–Crippen LogP) is 0.239. The fourth-order valence-electron chi connectivity index (χ4n) is 3.03. The normalized spacial score (nSPS) is 29.3. The number of anilines is 1. The van der Waals surface area contributed by atoms with E-state index in [1.165, 1.54) is 20.4 Å². The summed E-state index contributed by atoms with van der Waals surface area (Å²) in [6.07, 6.45) is 3.92. The third-order valence-corrected chi connectivity index (χ3v) is 6.40. The lowest BCUT2D eigenvalue weighted by Crippen LogP contribution is -2.37. The molecule has 0 bridgehead atoms. The third kappa shape index (κ3) is 3.24. The molecule has 1 unspecified atom stereocenters. The van der Waals surface area contributed by atoms with E-state index in [1.54, 1.807) is 10.8 Å². The minimum atomic E-state index is -3.60. The zero-order valence-electron chi connectivity index (χ0n) is 15.2. The SMILES string of the molecule is COC(=O)C(C)NP1(=O)OCC2(CO1)C/C2=C/n1cnc2c(=O)[nH]c(N)nc21. The van der Waals surface area contributed by atoms with Crippen LogP contribution >= 0.6 is 7.75 Å². The van der Waals surface area contributed by atoms with Crippen molar-refractivity contribution in [3.05, 3.63) is 22.3 Å². The van der Waals surface area contributed by atoms with Crippen LogP contribution in [0.4, 0.5) is 5.95 Å². The van der Waals surface area contributed by atoms with Crippen molar-refractivity contribution in [2.24, 2.45) is 5.41 Å². The summed E-state index contributed by atoms with van der Waals surface area (Å²) in [7, 11) is -2.36. The van der Waals surface area contributed by atoms with Gasteiger partial charge in [-0.2, -0.15) is 4.98 Å². The Bertz CT molecular complexity index is 1080. The van der Waals surface area contributed by atoms with Crippen LogP contribution in [0.15, 0.2) is 16.7 Å². The van der Waals surface area contributed by atoms with Crippen LogP contribution < -0.4 is 16.4 Å². The van der Waals surface area contributed by atoms with E-state index in [2.05, 4.69) is 24.8 Å². The van der Waals surface area contributed by atoms with Gasteiger partial charge < -0.3 is 10.5 Å². The highest BCUT2D eigenvalue weighted by Crippen LogP contribution is 2.62. The fourth-order valence-corrected chi connectivity index (χ4v) is 4.67. The molecule has 1 aliphatic heterocycles. The predicted molar refractivity (Wildman–Crippen MR) is 98.0 cm³/mol. The monoisotopic (exact) mass is 410 g/mol. The maximum Gasteiger partial charge on any atom is 0.406 e. The Balaban J connectivity index is 1.49. The van der Waals surface area contributed by atoms with Crippen LogP contribution in [0, 0.1) is 5.41 Å². The lowest BCUT2D eigenvalue weighted by atomic mass is 10.1. The van der Waals surface area contributed by atoms with E-state index in [9.17, 15) is 14.2 Å². The Hall–Kier alpha value is -2.53. The van der Waals surface area contributed by atoms with E-state index in [0.717, 1.165) is 5.57 Å². The highest BCUT2D eigenvalue weighted by atomic mass is 31.2. The molecule has 12 nitrogen and oxygen atoms in total. The van der Waals surface area contributed by atoms with Gasteiger partial charge in [-0.05, 0) is 18.9 Å². The number of nitrogens with zero attached hydrogens (tertiary/aromatic N) is 3. The summed E-state index contributed by atoms with van der Waals surface area (Å²) in [5.41, 5.74) is 6.27. The second-order valence-corrected chi connectivity index (χ2v) is 8.57. The molecular formula is C15H19N6O6P. The number of nitrogen functional groups attached to an aromatic ring is 1. The summed E-state index contributed by atoms with van der Waals surface area (Å²) in [6.45, 7) is 1.84. The Labute approximate surface area is 158 Å². The molecule has 0 radical (unpaired) electrons. The molecule has 4 rings (SSSR count). The molecule has 13 heteroatoms. The number of carbonyl (C=O) groups is 1. The summed E-state index contributed by atoms with van der Waals surface area (Å²) in [5.74, 6) is -0.567. The van der Waals surface area contributed by atoms with Crippen molar-refractivity contribution >= 4 is 37.0 Å². The number of fused-ring (bicyclic) bond motifs is 1. The average Bonchev–Trinajstić information content (AvgIpc) is 3.16. The maximum atomic E-state index is 12.6. The molecule has 1 spiro atoms. The molecule has 1 saturated heterocycles. The number of rotatable bonds is 4. The Morgan fingerprint density at radius 2 is 2.25 bits per heavy atom. The van der Waals surface area contributed by atoms with Crippen molar-refractivity contribution in [1.82, 2.24) is 24.6 Å². The van der Waals surface area contributed by atoms with Crippen LogP contribution in [0.3, 0.4) is 0 Å². The molecule has 0 amide bonds. The number of hydrogen-bond acceptors (Lipinski definition) is 9. The van der Waals surface area contributed by atoms with E-state index in [4.69, 9.17) is 14.8 Å². The lowest BCUT2D eigenvalue weighted by molar-refractivity contribution is -0.142. The number of hydrogen-bond donors (Lipinski definition) is 3. The number of aromatic amines is 1. The van der Waals surface area contributed by atoms with Crippen LogP contribution in [-0.2, 0) is 23.1 Å². The molecular weight excluding hydrogens is 391 g/mol. The molecule has 2 fully saturated rings. The standard InChI is InChI=1S/C15H19N6O6P/c1-8(13(23)25-2)20-28(24)26-5-15(6-27-28)3-9(15)4-21-7-17-10-11(21)18-14(16)19-12(10)22/h4,7-8H,3,5-6H2,1-2H3,(H,20,24)(H3,16,18,19,22)/b9-4-. The molecule has 2 aromatic heterocycles. The van der Waals surface area contributed by atoms with Gasteiger partial charge in [0.05, 0.1) is 20.3 Å². The molecule has 1 aliphatic carbocycles. The number of esters is 1. The van der Waals surface area contributed by atoms with Gasteiger partial charge in [0.15, 0.2) is 11.2 Å².